The van der Waals surface area contributed by atoms with Crippen LogP contribution in [0, 0.1) is 0 Å². The minimum atomic E-state index is -1.18. The lowest BCUT2D eigenvalue weighted by Gasteiger charge is -2.36. The Morgan fingerprint density at radius 1 is 0.867 bits per heavy atom. The van der Waals surface area contributed by atoms with Gasteiger partial charge in [0.15, 0.2) is 0 Å². The Hall–Kier alpha value is -0.483. The Morgan fingerprint density at radius 3 is 1.53 bits per heavy atom. The van der Waals surface area contributed by atoms with Crippen molar-refractivity contribution >= 4 is 9.28 Å². The zero-order valence-corrected chi connectivity index (χ0v) is 12.0. The molecule has 0 atom stereocenters. The molecule has 0 aromatic rings. The van der Waals surface area contributed by atoms with E-state index in [1.807, 2.05) is 0 Å². The van der Waals surface area contributed by atoms with E-state index in [-0.39, 0.29) is 0 Å². The van der Waals surface area contributed by atoms with Crippen molar-refractivity contribution in [1.29, 1.82) is 0 Å². The molecule has 0 unspecified atom stereocenters. The van der Waals surface area contributed by atoms with Crippen molar-refractivity contribution in [3.63, 3.8) is 0 Å². The fourth-order valence-electron chi connectivity index (χ4n) is 1.85. The second-order valence-electron chi connectivity index (χ2n) is 5.08. The Labute approximate surface area is 96.0 Å². The maximum Gasteiger partial charge on any atom is 0.329 e. The van der Waals surface area contributed by atoms with E-state index < -0.39 is 9.28 Å². The van der Waals surface area contributed by atoms with Gasteiger partial charge in [-0.15, -0.1) is 0 Å². The average Bonchev–Trinajstić information content (AvgIpc) is 2.46. The highest BCUT2D eigenvalue weighted by molar-refractivity contribution is 6.51. The van der Waals surface area contributed by atoms with Gasteiger partial charge in [-0.3, -0.25) is 0 Å². The molecule has 1 heterocycles. The molecule has 0 amide bonds. The topological polar surface area (TPSA) is 18.5 Å². The van der Waals surface area contributed by atoms with E-state index in [2.05, 4.69) is 68.1 Å². The predicted molar refractivity (Wildman–Crippen MR) is 68.5 cm³/mol. The Morgan fingerprint density at radius 2 is 1.27 bits per heavy atom. The van der Waals surface area contributed by atoms with Gasteiger partial charge in [-0.25, -0.2) is 0 Å². The third-order valence-electron chi connectivity index (χ3n) is 2.65. The summed E-state index contributed by atoms with van der Waals surface area (Å²) >= 11 is 0. The third-order valence-corrected chi connectivity index (χ3v) is 6.28. The van der Waals surface area contributed by atoms with Gasteiger partial charge < -0.3 is 14.1 Å². The van der Waals surface area contributed by atoms with Crippen molar-refractivity contribution in [3.05, 3.63) is 12.4 Å². The third kappa shape index (κ3) is 2.98. The molecule has 0 radical (unpaired) electrons. The van der Waals surface area contributed by atoms with Crippen molar-refractivity contribution in [1.82, 2.24) is 14.1 Å². The van der Waals surface area contributed by atoms with Crippen molar-refractivity contribution in [2.24, 2.45) is 0 Å². The Kier molecular flexibility index (Phi) is 4.22. The molecule has 0 aromatic heterocycles. The normalized spacial score (nSPS) is 17.9. The van der Waals surface area contributed by atoms with Crippen LogP contribution in [-0.4, -0.2) is 36.5 Å². The van der Waals surface area contributed by atoms with E-state index in [4.69, 9.17) is 0 Å². The smallest absolute Gasteiger partial charge is 0.329 e. The first-order valence-electron chi connectivity index (χ1n) is 5.92. The summed E-state index contributed by atoms with van der Waals surface area (Å²) in [4.78, 5) is 3.73. The fourth-order valence-corrected chi connectivity index (χ4v) is 4.71. The van der Waals surface area contributed by atoms with Crippen molar-refractivity contribution in [2.45, 2.75) is 59.7 Å². The Bertz CT molecular complexity index is 208. The minimum Gasteiger partial charge on any atom is -0.374 e. The van der Waals surface area contributed by atoms with Gasteiger partial charge in [-0.1, -0.05) is 13.8 Å². The standard InChI is InChI=1S/C11H25N3Si/c1-9(2)12-15-13(10(3)4)7-8-14(15)11(5)6/h7-12,15H,1-6H3. The van der Waals surface area contributed by atoms with Crippen LogP contribution in [0.2, 0.25) is 0 Å². The molecule has 4 heteroatoms. The first-order valence-corrected chi connectivity index (χ1v) is 7.53. The van der Waals surface area contributed by atoms with Gasteiger partial charge in [0.1, 0.15) is 0 Å². The number of nitrogens with one attached hydrogen (secondary N) is 1. The van der Waals surface area contributed by atoms with E-state index in [0.717, 1.165) is 0 Å². The first kappa shape index (κ1) is 12.6. The van der Waals surface area contributed by atoms with Gasteiger partial charge in [-0.2, -0.15) is 0 Å². The predicted octanol–water partition coefficient (Wildman–Crippen LogP) is 1.61. The van der Waals surface area contributed by atoms with Crippen LogP contribution >= 0.6 is 0 Å². The molecule has 3 nitrogen and oxygen atoms in total. The maximum absolute atomic E-state index is 3.73. The van der Waals surface area contributed by atoms with Gasteiger partial charge in [-0.05, 0) is 33.7 Å². The summed E-state index contributed by atoms with van der Waals surface area (Å²) in [5.74, 6) is 0. The van der Waals surface area contributed by atoms with Crippen LogP contribution in [0.1, 0.15) is 41.5 Å². The summed E-state index contributed by atoms with van der Waals surface area (Å²) in [5, 5.41) is 0. The highest BCUT2D eigenvalue weighted by atomic mass is 28.3. The first-order chi connectivity index (χ1) is 6.93. The SMILES string of the molecule is CC(C)N[SiH]1N(C(C)C)C=CN1C(C)C. The monoisotopic (exact) mass is 227 g/mol. The molecule has 1 N–H and O–H groups in total. The zero-order valence-electron chi connectivity index (χ0n) is 10.9. The van der Waals surface area contributed by atoms with Crippen LogP contribution in [0.3, 0.4) is 0 Å². The van der Waals surface area contributed by atoms with Crippen LogP contribution in [-0.2, 0) is 0 Å². The van der Waals surface area contributed by atoms with Crippen LogP contribution in [0.25, 0.3) is 0 Å². The van der Waals surface area contributed by atoms with Gasteiger partial charge in [0.2, 0.25) is 0 Å². The van der Waals surface area contributed by atoms with Gasteiger partial charge in [0.25, 0.3) is 0 Å². The molecule has 0 saturated carbocycles. The zero-order chi connectivity index (χ0) is 11.6. The molecule has 0 spiro atoms. The van der Waals surface area contributed by atoms with Gasteiger partial charge >= 0.3 is 9.28 Å². The highest BCUT2D eigenvalue weighted by Gasteiger charge is 2.32. The summed E-state index contributed by atoms with van der Waals surface area (Å²) in [7, 11) is -1.18. The summed E-state index contributed by atoms with van der Waals surface area (Å²) in [6, 6.07) is 1.74. The van der Waals surface area contributed by atoms with Crippen LogP contribution < -0.4 is 4.98 Å². The van der Waals surface area contributed by atoms with Gasteiger partial charge in [0.05, 0.1) is 0 Å². The lowest BCUT2D eigenvalue weighted by molar-refractivity contribution is 0.401. The van der Waals surface area contributed by atoms with Crippen molar-refractivity contribution < 1.29 is 0 Å². The maximum atomic E-state index is 3.73. The van der Waals surface area contributed by atoms with E-state index in [0.29, 0.717) is 18.1 Å². The lowest BCUT2D eigenvalue weighted by atomic mass is 10.4. The number of hydrogen-bond donors (Lipinski definition) is 1. The molecule has 0 fully saturated rings. The molecule has 1 aliphatic rings. The van der Waals surface area contributed by atoms with Crippen molar-refractivity contribution in [2.75, 3.05) is 0 Å². The number of rotatable bonds is 4. The average molecular weight is 227 g/mol. The summed E-state index contributed by atoms with van der Waals surface area (Å²) in [6.07, 6.45) is 4.49. The molecule has 0 aromatic carbocycles. The van der Waals surface area contributed by atoms with E-state index in [9.17, 15) is 0 Å². The molecule has 0 bridgehead atoms. The molecule has 15 heavy (non-hydrogen) atoms. The molecule has 1 rings (SSSR count). The Balaban J connectivity index is 2.73. The van der Waals surface area contributed by atoms with E-state index in [1.165, 1.54) is 0 Å². The van der Waals surface area contributed by atoms with Crippen LogP contribution in [0.4, 0.5) is 0 Å². The summed E-state index contributed by atoms with van der Waals surface area (Å²) in [5.41, 5.74) is 0. The molecule has 88 valence electrons. The second kappa shape index (κ2) is 5.03. The molecule has 1 aliphatic heterocycles. The molecule has 0 saturated heterocycles. The van der Waals surface area contributed by atoms with E-state index >= 15 is 0 Å². The van der Waals surface area contributed by atoms with Crippen LogP contribution in [0.15, 0.2) is 12.4 Å². The number of nitrogens with zero attached hydrogens (tertiary/aromatic N) is 2. The van der Waals surface area contributed by atoms with E-state index in [1.54, 1.807) is 0 Å². The summed E-state index contributed by atoms with van der Waals surface area (Å²) in [6.45, 7) is 13.5. The van der Waals surface area contributed by atoms with Gasteiger partial charge in [0, 0.05) is 24.5 Å². The largest absolute Gasteiger partial charge is 0.374 e. The summed E-state index contributed by atoms with van der Waals surface area (Å²) < 4.78 is 5.00. The fraction of sp³-hybridized carbons (Fsp3) is 0.818. The molecular weight excluding hydrogens is 202 g/mol. The highest BCUT2D eigenvalue weighted by Crippen LogP contribution is 2.16. The molecular formula is C11H25N3Si. The van der Waals surface area contributed by atoms with Crippen molar-refractivity contribution in [3.8, 4) is 0 Å². The molecule has 0 aliphatic carbocycles. The quantitative estimate of drug-likeness (QED) is 0.736. The minimum absolute atomic E-state index is 0.559. The van der Waals surface area contributed by atoms with Crippen LogP contribution in [0.5, 0.6) is 0 Å². The second-order valence-corrected chi connectivity index (χ2v) is 7.35. The lowest BCUT2D eigenvalue weighted by Crippen LogP contribution is -2.60. The number of hydrogen-bond acceptors (Lipinski definition) is 3.